The number of phenolic OH excluding ortho intramolecular Hbond substituents is 1. The Morgan fingerprint density at radius 1 is 0.960 bits per heavy atom. The molecular formula is C20H23NO4. The summed E-state index contributed by atoms with van der Waals surface area (Å²) in [6.07, 6.45) is 0.922. The fraction of sp³-hybridized carbons (Fsp3) is 0.400. The van der Waals surface area contributed by atoms with Gasteiger partial charge in [-0.05, 0) is 53.9 Å². The molecule has 25 heavy (non-hydrogen) atoms. The van der Waals surface area contributed by atoms with Gasteiger partial charge in [-0.2, -0.15) is 0 Å². The van der Waals surface area contributed by atoms with Crippen molar-refractivity contribution in [3.63, 3.8) is 0 Å². The molecular weight excluding hydrogens is 318 g/mol. The zero-order valence-corrected chi connectivity index (χ0v) is 15.0. The molecule has 1 aliphatic heterocycles. The third-order valence-corrected chi connectivity index (χ3v) is 5.34. The molecule has 0 fully saturated rings. The fourth-order valence-corrected chi connectivity index (χ4v) is 4.32. The quantitative estimate of drug-likeness (QED) is 0.929. The van der Waals surface area contributed by atoms with Crippen molar-refractivity contribution in [2.75, 3.05) is 34.9 Å². The number of rotatable bonds is 3. The van der Waals surface area contributed by atoms with E-state index in [1.165, 1.54) is 16.7 Å². The van der Waals surface area contributed by atoms with E-state index in [-0.39, 0.29) is 5.75 Å². The highest BCUT2D eigenvalue weighted by Gasteiger charge is 2.35. The second-order valence-corrected chi connectivity index (χ2v) is 6.84. The molecule has 0 radical (unpaired) electrons. The first-order chi connectivity index (χ1) is 12.1. The smallest absolute Gasteiger partial charge is 0.165 e. The van der Waals surface area contributed by atoms with E-state index < -0.39 is 0 Å². The van der Waals surface area contributed by atoms with Crippen molar-refractivity contribution < 1.29 is 19.3 Å². The first-order valence-electron chi connectivity index (χ1n) is 8.43. The van der Waals surface area contributed by atoms with Crippen molar-refractivity contribution in [1.29, 1.82) is 0 Å². The van der Waals surface area contributed by atoms with Gasteiger partial charge < -0.3 is 24.2 Å². The van der Waals surface area contributed by atoms with Gasteiger partial charge in [0.2, 0.25) is 0 Å². The van der Waals surface area contributed by atoms with Gasteiger partial charge in [0.1, 0.15) is 0 Å². The van der Waals surface area contributed by atoms with Crippen LogP contribution in [0.4, 0.5) is 0 Å². The van der Waals surface area contributed by atoms with Gasteiger partial charge in [-0.15, -0.1) is 0 Å². The molecule has 1 atom stereocenters. The highest BCUT2D eigenvalue weighted by Crippen LogP contribution is 2.53. The summed E-state index contributed by atoms with van der Waals surface area (Å²) >= 11 is 0. The summed E-state index contributed by atoms with van der Waals surface area (Å²) in [5, 5.41) is 10.9. The highest BCUT2D eigenvalue weighted by atomic mass is 16.5. The largest absolute Gasteiger partial charge is 0.504 e. The summed E-state index contributed by atoms with van der Waals surface area (Å²) in [5.41, 5.74) is 5.53. The Balaban J connectivity index is 2.03. The minimum Gasteiger partial charge on any atom is -0.504 e. The maximum absolute atomic E-state index is 10.9. The summed E-state index contributed by atoms with van der Waals surface area (Å²) in [6.45, 7) is 1.83. The number of aromatic hydroxyl groups is 1. The maximum atomic E-state index is 10.9. The second-order valence-electron chi connectivity index (χ2n) is 6.84. The maximum Gasteiger partial charge on any atom is 0.165 e. The molecule has 132 valence electrons. The van der Waals surface area contributed by atoms with Gasteiger partial charge in [-0.3, -0.25) is 0 Å². The van der Waals surface area contributed by atoms with E-state index in [1.54, 1.807) is 21.3 Å². The molecule has 1 N–H and O–H groups in total. The van der Waals surface area contributed by atoms with Crippen molar-refractivity contribution >= 4 is 0 Å². The van der Waals surface area contributed by atoms with Crippen molar-refractivity contribution in [1.82, 2.24) is 4.90 Å². The number of phenols is 1. The molecule has 0 aromatic heterocycles. The van der Waals surface area contributed by atoms with Crippen molar-refractivity contribution in [3.05, 3.63) is 34.9 Å². The predicted molar refractivity (Wildman–Crippen MR) is 96.0 cm³/mol. The van der Waals surface area contributed by atoms with Crippen LogP contribution in [0.15, 0.2) is 18.2 Å². The third kappa shape index (κ3) is 2.34. The van der Waals surface area contributed by atoms with Gasteiger partial charge in [0.25, 0.3) is 0 Å². The number of nitrogens with zero attached hydrogens (tertiary/aromatic N) is 1. The second kappa shape index (κ2) is 5.85. The average Bonchev–Trinajstić information content (AvgIpc) is 2.61. The topological polar surface area (TPSA) is 51.2 Å². The number of ether oxygens (including phenoxy) is 3. The Bertz CT molecular complexity index is 846. The van der Waals surface area contributed by atoms with Crippen LogP contribution in [0.1, 0.15) is 22.6 Å². The Morgan fingerprint density at radius 3 is 2.28 bits per heavy atom. The molecule has 0 saturated heterocycles. The molecule has 0 saturated carbocycles. The van der Waals surface area contributed by atoms with Crippen LogP contribution in [0.3, 0.4) is 0 Å². The normalized spacial score (nSPS) is 18.3. The van der Waals surface area contributed by atoms with E-state index in [4.69, 9.17) is 14.2 Å². The van der Waals surface area contributed by atoms with E-state index in [0.717, 1.165) is 36.4 Å². The van der Waals surface area contributed by atoms with Crippen molar-refractivity contribution in [2.45, 2.75) is 18.9 Å². The molecule has 0 spiro atoms. The van der Waals surface area contributed by atoms with E-state index in [1.807, 2.05) is 18.2 Å². The van der Waals surface area contributed by atoms with E-state index in [2.05, 4.69) is 11.9 Å². The molecule has 0 amide bonds. The zero-order chi connectivity index (χ0) is 17.7. The van der Waals surface area contributed by atoms with Crippen molar-refractivity contribution in [2.24, 2.45) is 0 Å². The first kappa shape index (κ1) is 16.1. The molecule has 1 aliphatic carbocycles. The Labute approximate surface area is 147 Å². The molecule has 2 aromatic carbocycles. The Hall–Kier alpha value is -2.40. The lowest BCUT2D eigenvalue weighted by Gasteiger charge is -2.38. The summed E-state index contributed by atoms with van der Waals surface area (Å²) < 4.78 is 16.4. The number of hydrogen-bond donors (Lipinski definition) is 1. The minimum absolute atomic E-state index is 0.212. The molecule has 2 aliphatic rings. The van der Waals surface area contributed by atoms with Crippen LogP contribution in [0.25, 0.3) is 11.1 Å². The lowest BCUT2D eigenvalue weighted by Crippen LogP contribution is -2.33. The zero-order valence-electron chi connectivity index (χ0n) is 15.0. The van der Waals surface area contributed by atoms with Crippen LogP contribution >= 0.6 is 0 Å². The van der Waals surface area contributed by atoms with Gasteiger partial charge in [-0.1, -0.05) is 0 Å². The number of methoxy groups -OCH3 is 3. The SMILES string of the molecule is COc1cc2c(cc1OC)-c1c(O)c(OC)cc3c1C(C2)CN(C)C3. The molecule has 4 rings (SSSR count). The van der Waals surface area contributed by atoms with E-state index >= 15 is 0 Å². The monoisotopic (exact) mass is 341 g/mol. The molecule has 2 aromatic rings. The molecule has 0 bridgehead atoms. The number of benzene rings is 2. The Morgan fingerprint density at radius 2 is 1.60 bits per heavy atom. The third-order valence-electron chi connectivity index (χ3n) is 5.34. The number of fused-ring (bicyclic) bond motifs is 2. The van der Waals surface area contributed by atoms with Crippen LogP contribution in [0, 0.1) is 0 Å². The molecule has 5 nitrogen and oxygen atoms in total. The lowest BCUT2D eigenvalue weighted by molar-refractivity contribution is 0.276. The van der Waals surface area contributed by atoms with Crippen LogP contribution in [-0.2, 0) is 13.0 Å². The summed E-state index contributed by atoms with van der Waals surface area (Å²) in [4.78, 5) is 2.32. The van der Waals surface area contributed by atoms with Crippen LogP contribution in [0.5, 0.6) is 23.0 Å². The number of likely N-dealkylation sites (N-methyl/N-ethyl adjacent to an activating group) is 1. The van der Waals surface area contributed by atoms with Crippen LogP contribution in [-0.4, -0.2) is 44.9 Å². The summed E-state index contributed by atoms with van der Waals surface area (Å²) in [6, 6.07) is 5.98. The Kier molecular flexibility index (Phi) is 3.76. The van der Waals surface area contributed by atoms with Gasteiger partial charge in [-0.25, -0.2) is 0 Å². The van der Waals surface area contributed by atoms with Crippen molar-refractivity contribution in [3.8, 4) is 34.1 Å². The summed E-state index contributed by atoms with van der Waals surface area (Å²) in [7, 11) is 7.00. The van der Waals surface area contributed by atoms with Gasteiger partial charge in [0.15, 0.2) is 23.0 Å². The lowest BCUT2D eigenvalue weighted by atomic mass is 9.74. The van der Waals surface area contributed by atoms with Crippen LogP contribution < -0.4 is 14.2 Å². The summed E-state index contributed by atoms with van der Waals surface area (Å²) in [5.74, 6) is 2.47. The number of hydrogen-bond acceptors (Lipinski definition) is 5. The van der Waals surface area contributed by atoms with E-state index in [9.17, 15) is 5.11 Å². The van der Waals surface area contributed by atoms with Gasteiger partial charge in [0, 0.05) is 24.6 Å². The minimum atomic E-state index is 0.212. The highest BCUT2D eigenvalue weighted by molar-refractivity contribution is 5.84. The fourth-order valence-electron chi connectivity index (χ4n) is 4.32. The van der Waals surface area contributed by atoms with Gasteiger partial charge >= 0.3 is 0 Å². The predicted octanol–water partition coefficient (Wildman–Crippen LogP) is 3.17. The first-order valence-corrected chi connectivity index (χ1v) is 8.43. The standard InChI is InChI=1S/C20H23NO4/c1-21-9-12-5-11-6-15(23-2)16(24-3)8-14(11)19-18(12)13(10-21)7-17(25-4)20(19)22/h6-8,12,22H,5,9-10H2,1-4H3. The van der Waals surface area contributed by atoms with Crippen LogP contribution in [0.2, 0.25) is 0 Å². The van der Waals surface area contributed by atoms with E-state index in [0.29, 0.717) is 17.4 Å². The average molecular weight is 341 g/mol. The molecule has 1 heterocycles. The molecule has 1 unspecified atom stereocenters. The molecule has 5 heteroatoms. The van der Waals surface area contributed by atoms with Gasteiger partial charge in [0.05, 0.1) is 21.3 Å².